The van der Waals surface area contributed by atoms with Gasteiger partial charge in [0.05, 0.1) is 0 Å². The smallest absolute Gasteiger partial charge is 0.289 e. The van der Waals surface area contributed by atoms with Crippen LogP contribution in [0.15, 0.2) is 21.2 Å². The molecule has 3 rings (SSSR count). The van der Waals surface area contributed by atoms with Gasteiger partial charge in [-0.3, -0.25) is 4.79 Å². The molecule has 1 aromatic heterocycles. The van der Waals surface area contributed by atoms with E-state index in [1.807, 2.05) is 4.90 Å². The highest BCUT2D eigenvalue weighted by Gasteiger charge is 2.38. The lowest BCUT2D eigenvalue weighted by atomic mass is 9.97. The van der Waals surface area contributed by atoms with Gasteiger partial charge in [-0.05, 0) is 53.9 Å². The Morgan fingerprint density at radius 1 is 1.47 bits per heavy atom. The molecule has 2 aliphatic rings. The Morgan fingerprint density at radius 3 is 3.12 bits per heavy atom. The first-order chi connectivity index (χ1) is 8.25. The van der Waals surface area contributed by atoms with Crippen LogP contribution in [0, 0.1) is 0 Å². The van der Waals surface area contributed by atoms with Gasteiger partial charge in [0.1, 0.15) is 0 Å². The van der Waals surface area contributed by atoms with Crippen LogP contribution in [0.1, 0.15) is 29.8 Å². The standard InChI is InChI=1S/C12H15BrN2O2/c13-11-4-3-10(17-11)12(16)15-7-1-2-8-9(15)5-6-14-8/h3-4,8-9,14H,1-2,5-7H2. The number of fused-ring (bicyclic) bond motifs is 1. The molecular formula is C12H15BrN2O2. The second kappa shape index (κ2) is 4.46. The molecule has 0 saturated carbocycles. The molecule has 1 amide bonds. The van der Waals surface area contributed by atoms with Crippen molar-refractivity contribution in [3.8, 4) is 0 Å². The van der Waals surface area contributed by atoms with Gasteiger partial charge in [0.15, 0.2) is 10.4 Å². The number of furan rings is 1. The van der Waals surface area contributed by atoms with Gasteiger partial charge in [-0.1, -0.05) is 0 Å². The number of carbonyl (C=O) groups is 1. The van der Waals surface area contributed by atoms with Crippen molar-refractivity contribution in [2.24, 2.45) is 0 Å². The summed E-state index contributed by atoms with van der Waals surface area (Å²) in [6.07, 6.45) is 3.30. The first-order valence-electron chi connectivity index (χ1n) is 6.05. The van der Waals surface area contributed by atoms with Crippen molar-refractivity contribution in [1.82, 2.24) is 10.2 Å². The molecule has 17 heavy (non-hydrogen) atoms. The highest BCUT2D eigenvalue weighted by molar-refractivity contribution is 9.10. The topological polar surface area (TPSA) is 45.5 Å². The summed E-state index contributed by atoms with van der Waals surface area (Å²) in [6, 6.07) is 4.33. The fourth-order valence-corrected chi connectivity index (χ4v) is 3.20. The number of halogens is 1. The van der Waals surface area contributed by atoms with Crippen molar-refractivity contribution in [2.45, 2.75) is 31.3 Å². The predicted octanol–water partition coefficient (Wildman–Crippen LogP) is 2.01. The molecule has 0 aliphatic carbocycles. The third-order valence-corrected chi connectivity index (χ3v) is 4.10. The minimum Gasteiger partial charge on any atom is -0.444 e. The fourth-order valence-electron chi connectivity index (χ4n) is 2.89. The largest absolute Gasteiger partial charge is 0.444 e. The van der Waals surface area contributed by atoms with Gasteiger partial charge in [0.2, 0.25) is 0 Å². The van der Waals surface area contributed by atoms with E-state index in [0.717, 1.165) is 25.9 Å². The maximum atomic E-state index is 12.3. The Balaban J connectivity index is 1.81. The number of likely N-dealkylation sites (tertiary alicyclic amines) is 1. The third kappa shape index (κ3) is 2.02. The highest BCUT2D eigenvalue weighted by atomic mass is 79.9. The van der Waals surface area contributed by atoms with Crippen LogP contribution in [0.5, 0.6) is 0 Å². The second-order valence-electron chi connectivity index (χ2n) is 4.66. The Hall–Kier alpha value is -0.810. The molecule has 2 unspecified atom stereocenters. The van der Waals surface area contributed by atoms with Crippen LogP contribution in [0.25, 0.3) is 0 Å². The average Bonchev–Trinajstić information content (AvgIpc) is 2.95. The third-order valence-electron chi connectivity index (χ3n) is 3.67. The first-order valence-corrected chi connectivity index (χ1v) is 6.85. The monoisotopic (exact) mass is 298 g/mol. The molecule has 92 valence electrons. The Morgan fingerprint density at radius 2 is 2.35 bits per heavy atom. The van der Waals surface area contributed by atoms with Crippen molar-refractivity contribution in [2.75, 3.05) is 13.1 Å². The van der Waals surface area contributed by atoms with Crippen LogP contribution in [-0.4, -0.2) is 36.0 Å². The number of hydrogen-bond donors (Lipinski definition) is 1. The first kappa shape index (κ1) is 11.3. The summed E-state index contributed by atoms with van der Waals surface area (Å²) < 4.78 is 5.96. The van der Waals surface area contributed by atoms with Crippen molar-refractivity contribution in [1.29, 1.82) is 0 Å². The lowest BCUT2D eigenvalue weighted by Crippen LogP contribution is -2.50. The molecule has 2 saturated heterocycles. The van der Waals surface area contributed by atoms with E-state index < -0.39 is 0 Å². The van der Waals surface area contributed by atoms with Crippen molar-refractivity contribution >= 4 is 21.8 Å². The number of hydrogen-bond acceptors (Lipinski definition) is 3. The van der Waals surface area contributed by atoms with Gasteiger partial charge < -0.3 is 14.6 Å². The van der Waals surface area contributed by atoms with Crippen LogP contribution < -0.4 is 5.32 Å². The van der Waals surface area contributed by atoms with Crippen LogP contribution in [-0.2, 0) is 0 Å². The quantitative estimate of drug-likeness (QED) is 0.863. The molecule has 2 aliphatic heterocycles. The number of rotatable bonds is 1. The zero-order valence-electron chi connectivity index (χ0n) is 9.49. The number of nitrogens with zero attached hydrogens (tertiary/aromatic N) is 1. The molecule has 2 atom stereocenters. The van der Waals surface area contributed by atoms with E-state index in [0.29, 0.717) is 22.5 Å². The minimum atomic E-state index is 0.0223. The average molecular weight is 299 g/mol. The SMILES string of the molecule is O=C(c1ccc(Br)o1)N1CCCC2NCCC21. The number of carbonyl (C=O) groups excluding carboxylic acids is 1. The molecule has 0 spiro atoms. The normalized spacial score (nSPS) is 28.2. The van der Waals surface area contributed by atoms with Crippen LogP contribution in [0.2, 0.25) is 0 Å². The molecule has 4 nitrogen and oxygen atoms in total. The van der Waals surface area contributed by atoms with Crippen molar-refractivity contribution in [3.63, 3.8) is 0 Å². The van der Waals surface area contributed by atoms with E-state index in [-0.39, 0.29) is 5.91 Å². The molecule has 0 bridgehead atoms. The van der Waals surface area contributed by atoms with Crippen molar-refractivity contribution in [3.05, 3.63) is 22.6 Å². The summed E-state index contributed by atoms with van der Waals surface area (Å²) in [5.74, 6) is 0.457. The van der Waals surface area contributed by atoms with Gasteiger partial charge in [-0.15, -0.1) is 0 Å². The summed E-state index contributed by atoms with van der Waals surface area (Å²) >= 11 is 3.23. The molecule has 1 N–H and O–H groups in total. The number of piperidine rings is 1. The summed E-state index contributed by atoms with van der Waals surface area (Å²) in [5.41, 5.74) is 0. The van der Waals surface area contributed by atoms with E-state index >= 15 is 0 Å². The number of nitrogens with one attached hydrogen (secondary N) is 1. The predicted molar refractivity (Wildman–Crippen MR) is 66.9 cm³/mol. The van der Waals surface area contributed by atoms with E-state index in [9.17, 15) is 4.79 Å². The van der Waals surface area contributed by atoms with Gasteiger partial charge in [0.25, 0.3) is 5.91 Å². The zero-order chi connectivity index (χ0) is 11.8. The van der Waals surface area contributed by atoms with E-state index in [1.165, 1.54) is 6.42 Å². The molecule has 2 fully saturated rings. The Bertz CT molecular complexity index is 432. The van der Waals surface area contributed by atoms with Crippen LogP contribution in [0.3, 0.4) is 0 Å². The summed E-state index contributed by atoms with van der Waals surface area (Å²) in [4.78, 5) is 14.3. The molecule has 3 heterocycles. The summed E-state index contributed by atoms with van der Waals surface area (Å²) in [7, 11) is 0. The number of amides is 1. The second-order valence-corrected chi connectivity index (χ2v) is 5.44. The van der Waals surface area contributed by atoms with Gasteiger partial charge >= 0.3 is 0 Å². The Kier molecular flexibility index (Phi) is 2.96. The molecule has 0 radical (unpaired) electrons. The van der Waals surface area contributed by atoms with Crippen LogP contribution >= 0.6 is 15.9 Å². The maximum absolute atomic E-state index is 12.3. The lowest BCUT2D eigenvalue weighted by molar-refractivity contribution is 0.0566. The van der Waals surface area contributed by atoms with Gasteiger partial charge in [-0.2, -0.15) is 0 Å². The van der Waals surface area contributed by atoms with Crippen LogP contribution in [0.4, 0.5) is 0 Å². The zero-order valence-corrected chi connectivity index (χ0v) is 11.1. The van der Waals surface area contributed by atoms with E-state index in [2.05, 4.69) is 21.2 Å². The minimum absolute atomic E-state index is 0.0223. The summed E-state index contributed by atoms with van der Waals surface area (Å²) in [6.45, 7) is 1.86. The molecular weight excluding hydrogens is 284 g/mol. The molecule has 0 aromatic carbocycles. The van der Waals surface area contributed by atoms with Gasteiger partial charge in [0, 0.05) is 18.6 Å². The Labute approximate surface area is 108 Å². The van der Waals surface area contributed by atoms with Gasteiger partial charge in [-0.25, -0.2) is 0 Å². The lowest BCUT2D eigenvalue weighted by Gasteiger charge is -2.36. The fraction of sp³-hybridized carbons (Fsp3) is 0.583. The van der Waals surface area contributed by atoms with E-state index in [1.54, 1.807) is 12.1 Å². The summed E-state index contributed by atoms with van der Waals surface area (Å²) in [5, 5.41) is 3.47. The van der Waals surface area contributed by atoms with E-state index in [4.69, 9.17) is 4.42 Å². The highest BCUT2D eigenvalue weighted by Crippen LogP contribution is 2.26. The molecule has 5 heteroatoms. The maximum Gasteiger partial charge on any atom is 0.289 e. The molecule has 1 aromatic rings. The van der Waals surface area contributed by atoms with Crippen molar-refractivity contribution < 1.29 is 9.21 Å².